The molecule has 1 aromatic heterocycles. The maximum absolute atomic E-state index is 13.0. The molecule has 1 aromatic carbocycles. The third kappa shape index (κ3) is 3.09. The first kappa shape index (κ1) is 17.4. The highest BCUT2D eigenvalue weighted by Crippen LogP contribution is 2.34. The summed E-state index contributed by atoms with van der Waals surface area (Å²) in [6.45, 7) is 9.86. The second-order valence-electron chi connectivity index (χ2n) is 6.93. The largest absolute Gasteiger partial charge is 0.264 e. The van der Waals surface area contributed by atoms with Gasteiger partial charge in [-0.2, -0.15) is 0 Å². The van der Waals surface area contributed by atoms with Crippen molar-refractivity contribution in [1.29, 1.82) is 0 Å². The highest BCUT2D eigenvalue weighted by molar-refractivity contribution is 7.93. The van der Waals surface area contributed by atoms with E-state index < -0.39 is 10.0 Å². The van der Waals surface area contributed by atoms with E-state index in [9.17, 15) is 8.42 Å². The van der Waals surface area contributed by atoms with E-state index in [1.165, 1.54) is 16.2 Å². The van der Waals surface area contributed by atoms with Crippen molar-refractivity contribution in [2.45, 2.75) is 58.8 Å². The van der Waals surface area contributed by atoms with Gasteiger partial charge >= 0.3 is 0 Å². The lowest BCUT2D eigenvalue weighted by atomic mass is 9.93. The monoisotopic (exact) mass is 364 g/mol. The average Bonchev–Trinajstić information content (AvgIpc) is 2.85. The Kier molecular flexibility index (Phi) is 4.47. The molecule has 0 spiro atoms. The number of aromatic nitrogens is 1. The number of nitrogens with one attached hydrogen (secondary N) is 1. The lowest BCUT2D eigenvalue weighted by molar-refractivity contribution is 0.502. The van der Waals surface area contributed by atoms with Crippen molar-refractivity contribution < 1.29 is 8.42 Å². The van der Waals surface area contributed by atoms with Gasteiger partial charge in [-0.25, -0.2) is 13.4 Å². The SMILES string of the molecule is Cc1cc(C)c(C)c(S(=O)(=O)Nc2nc3c(s2)CC(C)CC3)c1C. The molecule has 1 atom stereocenters. The van der Waals surface area contributed by atoms with Crippen LogP contribution in [0, 0.1) is 33.6 Å². The molecule has 1 N–H and O–H groups in total. The second-order valence-corrected chi connectivity index (χ2v) is 9.63. The summed E-state index contributed by atoms with van der Waals surface area (Å²) in [4.78, 5) is 6.14. The van der Waals surface area contributed by atoms with Gasteiger partial charge in [-0.05, 0) is 75.1 Å². The van der Waals surface area contributed by atoms with Gasteiger partial charge in [0.2, 0.25) is 0 Å². The fraction of sp³-hybridized carbons (Fsp3) is 0.500. The summed E-state index contributed by atoms with van der Waals surface area (Å²) in [6, 6.07) is 2.03. The van der Waals surface area contributed by atoms with E-state index in [1.54, 1.807) is 0 Å². The molecule has 0 aliphatic heterocycles. The van der Waals surface area contributed by atoms with Crippen molar-refractivity contribution in [3.63, 3.8) is 0 Å². The third-order valence-electron chi connectivity index (χ3n) is 4.97. The van der Waals surface area contributed by atoms with E-state index in [2.05, 4.69) is 16.6 Å². The van der Waals surface area contributed by atoms with Crippen molar-refractivity contribution in [2.75, 3.05) is 4.72 Å². The van der Waals surface area contributed by atoms with Gasteiger partial charge in [-0.15, -0.1) is 11.3 Å². The Balaban J connectivity index is 1.99. The average molecular weight is 365 g/mol. The molecule has 0 radical (unpaired) electrons. The van der Waals surface area contributed by atoms with Crippen LogP contribution in [0.4, 0.5) is 5.13 Å². The van der Waals surface area contributed by atoms with E-state index >= 15 is 0 Å². The van der Waals surface area contributed by atoms with Crippen LogP contribution in [-0.2, 0) is 22.9 Å². The molecule has 1 aliphatic carbocycles. The van der Waals surface area contributed by atoms with E-state index in [1.807, 2.05) is 33.8 Å². The summed E-state index contributed by atoms with van der Waals surface area (Å²) in [5, 5.41) is 0.493. The standard InChI is InChI=1S/C18H24N2O2S2/c1-10-6-7-15-16(8-10)23-18(19-15)20-24(21,22)17-13(4)11(2)9-12(3)14(17)5/h9-10H,6-8H2,1-5H3,(H,19,20). The van der Waals surface area contributed by atoms with Crippen LogP contribution in [-0.4, -0.2) is 13.4 Å². The van der Waals surface area contributed by atoms with Gasteiger partial charge in [0.05, 0.1) is 10.6 Å². The second kappa shape index (κ2) is 6.15. The fourth-order valence-corrected chi connectivity index (χ4v) is 6.36. The van der Waals surface area contributed by atoms with Crippen molar-refractivity contribution >= 4 is 26.5 Å². The molecule has 0 saturated heterocycles. The molecule has 0 amide bonds. The molecule has 0 bridgehead atoms. The van der Waals surface area contributed by atoms with Crippen molar-refractivity contribution in [1.82, 2.24) is 4.98 Å². The van der Waals surface area contributed by atoms with Gasteiger partial charge in [-0.1, -0.05) is 13.0 Å². The summed E-state index contributed by atoms with van der Waals surface area (Å²) in [5.74, 6) is 0.645. The van der Waals surface area contributed by atoms with Crippen LogP contribution in [0.15, 0.2) is 11.0 Å². The first-order valence-electron chi connectivity index (χ1n) is 8.28. The molecule has 6 heteroatoms. The van der Waals surface area contributed by atoms with Crippen LogP contribution in [0.1, 0.15) is 46.2 Å². The van der Waals surface area contributed by atoms with Gasteiger partial charge in [0.1, 0.15) is 0 Å². The first-order chi connectivity index (χ1) is 11.2. The minimum atomic E-state index is -3.63. The molecular weight excluding hydrogens is 340 g/mol. The molecule has 3 rings (SSSR count). The Hall–Kier alpha value is -1.40. The zero-order valence-corrected chi connectivity index (χ0v) is 16.5. The first-order valence-corrected chi connectivity index (χ1v) is 10.6. The number of benzene rings is 1. The highest BCUT2D eigenvalue weighted by Gasteiger charge is 2.25. The van der Waals surface area contributed by atoms with Gasteiger partial charge in [0.15, 0.2) is 5.13 Å². The number of rotatable bonds is 3. The van der Waals surface area contributed by atoms with E-state index in [0.29, 0.717) is 15.9 Å². The normalized spacial score (nSPS) is 17.6. The highest BCUT2D eigenvalue weighted by atomic mass is 32.2. The van der Waals surface area contributed by atoms with Crippen LogP contribution in [0.2, 0.25) is 0 Å². The number of sulfonamides is 1. The molecule has 1 aliphatic rings. The van der Waals surface area contributed by atoms with E-state index in [4.69, 9.17) is 0 Å². The quantitative estimate of drug-likeness (QED) is 0.883. The number of hydrogen-bond acceptors (Lipinski definition) is 4. The number of nitrogens with zero attached hydrogens (tertiary/aromatic N) is 1. The fourth-order valence-electron chi connectivity index (χ4n) is 3.33. The zero-order chi connectivity index (χ0) is 17.6. The molecule has 0 fully saturated rings. The molecule has 1 heterocycles. The number of aryl methyl sites for hydroxylation is 3. The number of hydrogen-bond donors (Lipinski definition) is 1. The third-order valence-corrected chi connectivity index (χ3v) is 7.75. The van der Waals surface area contributed by atoms with E-state index in [-0.39, 0.29) is 0 Å². The van der Waals surface area contributed by atoms with Crippen molar-refractivity contribution in [2.24, 2.45) is 5.92 Å². The lowest BCUT2D eigenvalue weighted by Crippen LogP contribution is -2.17. The van der Waals surface area contributed by atoms with Gasteiger partial charge in [0.25, 0.3) is 10.0 Å². The maximum Gasteiger partial charge on any atom is 0.264 e. The Morgan fingerprint density at radius 3 is 2.42 bits per heavy atom. The molecule has 1 unspecified atom stereocenters. The molecule has 130 valence electrons. The van der Waals surface area contributed by atoms with Crippen LogP contribution < -0.4 is 4.72 Å². The van der Waals surface area contributed by atoms with Crippen molar-refractivity contribution in [3.05, 3.63) is 38.9 Å². The van der Waals surface area contributed by atoms with Gasteiger partial charge < -0.3 is 0 Å². The van der Waals surface area contributed by atoms with Crippen molar-refractivity contribution in [3.8, 4) is 0 Å². The Labute approximate surface area is 148 Å². The summed E-state index contributed by atoms with van der Waals surface area (Å²) in [5.41, 5.74) is 4.65. The van der Waals surface area contributed by atoms with Crippen LogP contribution in [0.25, 0.3) is 0 Å². The van der Waals surface area contributed by atoms with Crippen LogP contribution >= 0.6 is 11.3 Å². The Morgan fingerprint density at radius 1 is 1.17 bits per heavy atom. The van der Waals surface area contributed by atoms with E-state index in [0.717, 1.165) is 47.2 Å². The molecule has 2 aromatic rings. The molecule has 0 saturated carbocycles. The number of thiazole rings is 1. The smallest absolute Gasteiger partial charge is 0.255 e. The summed E-state index contributed by atoms with van der Waals surface area (Å²) in [7, 11) is -3.63. The summed E-state index contributed by atoms with van der Waals surface area (Å²) in [6.07, 6.45) is 3.06. The van der Waals surface area contributed by atoms with Gasteiger partial charge in [-0.3, -0.25) is 4.72 Å². The molecular formula is C18H24N2O2S2. The predicted molar refractivity (Wildman–Crippen MR) is 99.5 cm³/mol. The minimum absolute atomic E-state index is 0.390. The Morgan fingerprint density at radius 2 is 1.79 bits per heavy atom. The van der Waals surface area contributed by atoms with Crippen LogP contribution in [0.3, 0.4) is 0 Å². The number of fused-ring (bicyclic) bond motifs is 1. The van der Waals surface area contributed by atoms with Crippen LogP contribution in [0.5, 0.6) is 0 Å². The topological polar surface area (TPSA) is 59.1 Å². The predicted octanol–water partition coefficient (Wildman–Crippen LogP) is 4.30. The van der Waals surface area contributed by atoms with Gasteiger partial charge in [0, 0.05) is 4.88 Å². The Bertz CT molecular complexity index is 872. The summed E-state index contributed by atoms with van der Waals surface area (Å²) >= 11 is 1.48. The number of anilines is 1. The molecule has 4 nitrogen and oxygen atoms in total. The lowest BCUT2D eigenvalue weighted by Gasteiger charge is -2.15. The zero-order valence-electron chi connectivity index (χ0n) is 14.9. The molecule has 24 heavy (non-hydrogen) atoms. The summed E-state index contributed by atoms with van der Waals surface area (Å²) < 4.78 is 28.7. The maximum atomic E-state index is 13.0. The minimum Gasteiger partial charge on any atom is -0.255 e.